The molecule has 0 atom stereocenters. The largest absolute Gasteiger partial charge is 0.445 e. The minimum absolute atomic E-state index is 0.0979. The quantitative estimate of drug-likeness (QED) is 0.877. The maximum absolute atomic E-state index is 12.1. The zero-order chi connectivity index (χ0) is 17.6. The number of hydrogen-bond acceptors (Lipinski definition) is 3. The van der Waals surface area contributed by atoms with Crippen LogP contribution in [0.4, 0.5) is 15.3 Å². The summed E-state index contributed by atoms with van der Waals surface area (Å²) in [6.07, 6.45) is -0.480. The van der Waals surface area contributed by atoms with Crippen molar-refractivity contribution >= 4 is 29.4 Å². The van der Waals surface area contributed by atoms with Crippen molar-refractivity contribution in [2.75, 3.05) is 18.4 Å². The lowest BCUT2D eigenvalue weighted by atomic mass is 10.1. The van der Waals surface area contributed by atoms with Crippen molar-refractivity contribution in [3.63, 3.8) is 0 Å². The van der Waals surface area contributed by atoms with Crippen molar-refractivity contribution in [2.45, 2.75) is 12.6 Å². The van der Waals surface area contributed by atoms with Gasteiger partial charge in [-0.1, -0.05) is 41.9 Å². The highest BCUT2D eigenvalue weighted by molar-refractivity contribution is 6.30. The second kappa shape index (κ2) is 7.90. The Morgan fingerprint density at radius 1 is 1.08 bits per heavy atom. The van der Waals surface area contributed by atoms with Crippen molar-refractivity contribution in [3.05, 3.63) is 65.2 Å². The standard InChI is InChI=1S/C18H18ClN3O3/c19-14-6-8-15(9-7-14)20-17(23)22-10-16(11-22)21-18(24)25-12-13-4-2-1-3-5-13/h1-9,16H,10-12H2,(H,20,23)(H,21,24). The Hall–Kier alpha value is -2.73. The third-order valence-electron chi connectivity index (χ3n) is 3.80. The maximum atomic E-state index is 12.1. The normalized spacial score (nSPS) is 13.7. The number of nitrogens with one attached hydrogen (secondary N) is 2. The fourth-order valence-corrected chi connectivity index (χ4v) is 2.53. The lowest BCUT2D eigenvalue weighted by Crippen LogP contribution is -2.61. The number of benzene rings is 2. The van der Waals surface area contributed by atoms with Crippen LogP contribution in [0.2, 0.25) is 5.02 Å². The van der Waals surface area contributed by atoms with Gasteiger partial charge in [0.1, 0.15) is 6.61 Å². The number of urea groups is 1. The Labute approximate surface area is 150 Å². The monoisotopic (exact) mass is 359 g/mol. The van der Waals surface area contributed by atoms with Gasteiger partial charge in [-0.15, -0.1) is 0 Å². The molecular formula is C18H18ClN3O3. The summed E-state index contributed by atoms with van der Waals surface area (Å²) >= 11 is 5.81. The van der Waals surface area contributed by atoms with E-state index in [0.717, 1.165) is 5.56 Å². The van der Waals surface area contributed by atoms with Crippen molar-refractivity contribution in [3.8, 4) is 0 Å². The first-order chi connectivity index (χ1) is 12.1. The van der Waals surface area contributed by atoms with Crippen molar-refractivity contribution in [2.24, 2.45) is 0 Å². The lowest BCUT2D eigenvalue weighted by molar-refractivity contribution is 0.111. The van der Waals surface area contributed by atoms with E-state index in [1.165, 1.54) is 0 Å². The van der Waals surface area contributed by atoms with Gasteiger partial charge >= 0.3 is 12.1 Å². The Kier molecular flexibility index (Phi) is 5.40. The molecule has 3 amide bonds. The third-order valence-corrected chi connectivity index (χ3v) is 4.05. The summed E-state index contributed by atoms with van der Waals surface area (Å²) in [5.74, 6) is 0. The van der Waals surface area contributed by atoms with Gasteiger partial charge in [-0.2, -0.15) is 0 Å². The molecule has 25 heavy (non-hydrogen) atoms. The molecule has 1 fully saturated rings. The molecule has 0 radical (unpaired) electrons. The zero-order valence-corrected chi connectivity index (χ0v) is 14.2. The summed E-state index contributed by atoms with van der Waals surface area (Å²) in [5, 5.41) is 6.13. The fraction of sp³-hybridized carbons (Fsp3) is 0.222. The summed E-state index contributed by atoms with van der Waals surface area (Å²) in [7, 11) is 0. The molecular weight excluding hydrogens is 342 g/mol. The van der Waals surface area contributed by atoms with E-state index in [0.29, 0.717) is 23.8 Å². The highest BCUT2D eigenvalue weighted by Crippen LogP contribution is 2.16. The van der Waals surface area contributed by atoms with Crippen LogP contribution in [0.25, 0.3) is 0 Å². The van der Waals surface area contributed by atoms with Gasteiger partial charge in [0.15, 0.2) is 0 Å². The number of rotatable bonds is 4. The van der Waals surface area contributed by atoms with Crippen LogP contribution in [-0.2, 0) is 11.3 Å². The molecule has 0 bridgehead atoms. The van der Waals surface area contributed by atoms with E-state index in [-0.39, 0.29) is 18.7 Å². The van der Waals surface area contributed by atoms with Gasteiger partial charge in [-0.25, -0.2) is 9.59 Å². The van der Waals surface area contributed by atoms with Gasteiger partial charge in [-0.05, 0) is 29.8 Å². The van der Waals surface area contributed by atoms with Gasteiger partial charge in [-0.3, -0.25) is 0 Å². The highest BCUT2D eigenvalue weighted by Gasteiger charge is 2.32. The first-order valence-electron chi connectivity index (χ1n) is 7.89. The molecule has 0 aliphatic carbocycles. The summed E-state index contributed by atoms with van der Waals surface area (Å²) in [4.78, 5) is 25.4. The van der Waals surface area contributed by atoms with E-state index in [1.54, 1.807) is 29.2 Å². The van der Waals surface area contributed by atoms with E-state index in [2.05, 4.69) is 10.6 Å². The molecule has 0 spiro atoms. The highest BCUT2D eigenvalue weighted by atomic mass is 35.5. The third kappa shape index (κ3) is 4.87. The van der Waals surface area contributed by atoms with Gasteiger partial charge < -0.3 is 20.3 Å². The molecule has 0 aromatic heterocycles. The summed E-state index contributed by atoms with van der Waals surface area (Å²) in [5.41, 5.74) is 1.60. The molecule has 130 valence electrons. The van der Waals surface area contributed by atoms with Crippen molar-refractivity contribution < 1.29 is 14.3 Å². The van der Waals surface area contributed by atoms with Crippen LogP contribution in [0, 0.1) is 0 Å². The van der Waals surface area contributed by atoms with Crippen LogP contribution in [-0.4, -0.2) is 36.2 Å². The molecule has 6 nitrogen and oxygen atoms in total. The summed E-state index contributed by atoms with van der Waals surface area (Å²) in [6, 6.07) is 16.0. The molecule has 1 aliphatic rings. The number of anilines is 1. The predicted molar refractivity (Wildman–Crippen MR) is 95.6 cm³/mol. The van der Waals surface area contributed by atoms with Crippen LogP contribution in [0.3, 0.4) is 0 Å². The molecule has 1 heterocycles. The number of alkyl carbamates (subject to hydrolysis) is 1. The van der Waals surface area contributed by atoms with Crippen LogP contribution in [0.15, 0.2) is 54.6 Å². The van der Waals surface area contributed by atoms with Gasteiger partial charge in [0.05, 0.1) is 6.04 Å². The number of likely N-dealkylation sites (tertiary alicyclic amines) is 1. The van der Waals surface area contributed by atoms with E-state index in [4.69, 9.17) is 16.3 Å². The number of halogens is 1. The second-order valence-electron chi connectivity index (χ2n) is 5.75. The number of nitrogens with zero attached hydrogens (tertiary/aromatic N) is 1. The van der Waals surface area contributed by atoms with Crippen LogP contribution in [0.1, 0.15) is 5.56 Å². The van der Waals surface area contributed by atoms with E-state index >= 15 is 0 Å². The lowest BCUT2D eigenvalue weighted by Gasteiger charge is -2.39. The molecule has 0 saturated carbocycles. The van der Waals surface area contributed by atoms with E-state index in [1.807, 2.05) is 30.3 Å². The number of hydrogen-bond donors (Lipinski definition) is 2. The first kappa shape index (κ1) is 17.1. The molecule has 3 rings (SSSR count). The van der Waals surface area contributed by atoms with Gasteiger partial charge in [0.25, 0.3) is 0 Å². The Morgan fingerprint density at radius 3 is 2.44 bits per heavy atom. The molecule has 2 aromatic carbocycles. The average Bonchev–Trinajstić information content (AvgIpc) is 2.58. The molecule has 0 unspecified atom stereocenters. The van der Waals surface area contributed by atoms with Crippen LogP contribution >= 0.6 is 11.6 Å². The fourth-order valence-electron chi connectivity index (χ4n) is 2.40. The van der Waals surface area contributed by atoms with Gasteiger partial charge in [0.2, 0.25) is 0 Å². The molecule has 1 saturated heterocycles. The van der Waals surface area contributed by atoms with Crippen molar-refractivity contribution in [1.29, 1.82) is 0 Å². The minimum atomic E-state index is -0.480. The number of carbonyl (C=O) groups excluding carboxylic acids is 2. The van der Waals surface area contributed by atoms with Crippen molar-refractivity contribution in [1.82, 2.24) is 10.2 Å². The Bertz CT molecular complexity index is 731. The summed E-state index contributed by atoms with van der Waals surface area (Å²) in [6.45, 7) is 1.11. The smallest absolute Gasteiger partial charge is 0.407 e. The number of ether oxygens (including phenoxy) is 1. The van der Waals surface area contributed by atoms with E-state index < -0.39 is 6.09 Å². The Balaban J connectivity index is 1.36. The SMILES string of the molecule is O=C(NC1CN(C(=O)Nc2ccc(Cl)cc2)C1)OCc1ccccc1. The summed E-state index contributed by atoms with van der Waals surface area (Å²) < 4.78 is 5.16. The Morgan fingerprint density at radius 2 is 1.76 bits per heavy atom. The topological polar surface area (TPSA) is 70.7 Å². The molecule has 2 aromatic rings. The molecule has 7 heteroatoms. The maximum Gasteiger partial charge on any atom is 0.407 e. The van der Waals surface area contributed by atoms with Crippen LogP contribution < -0.4 is 10.6 Å². The van der Waals surface area contributed by atoms with E-state index in [9.17, 15) is 9.59 Å². The number of carbonyl (C=O) groups is 2. The minimum Gasteiger partial charge on any atom is -0.445 e. The average molecular weight is 360 g/mol. The predicted octanol–water partition coefficient (Wildman–Crippen LogP) is 3.48. The zero-order valence-electron chi connectivity index (χ0n) is 13.4. The molecule has 2 N–H and O–H groups in total. The van der Waals surface area contributed by atoms with Crippen LogP contribution in [0.5, 0.6) is 0 Å². The van der Waals surface area contributed by atoms with Gasteiger partial charge in [0, 0.05) is 23.8 Å². The molecule has 1 aliphatic heterocycles. The second-order valence-corrected chi connectivity index (χ2v) is 6.18. The number of amides is 3. The first-order valence-corrected chi connectivity index (χ1v) is 8.26.